The van der Waals surface area contributed by atoms with Crippen LogP contribution in [-0.2, 0) is 52.7 Å². The van der Waals surface area contributed by atoms with E-state index in [-0.39, 0.29) is 58.3 Å². The summed E-state index contributed by atoms with van der Waals surface area (Å²) in [7, 11) is 0. The molecule has 1 saturated heterocycles. The number of carbonyl (C=O) groups excluding carboxylic acids is 11. The molecular formula is C45H83N15O15. The van der Waals surface area contributed by atoms with E-state index in [1.54, 1.807) is 0 Å². The Morgan fingerprint density at radius 1 is 0.587 bits per heavy atom. The minimum atomic E-state index is -1.78. The normalized spacial score (nSPS) is 23.3. The van der Waals surface area contributed by atoms with Gasteiger partial charge in [-0.25, -0.2) is 0 Å². The zero-order valence-corrected chi connectivity index (χ0v) is 43.2. The quantitative estimate of drug-likeness (QED) is 0.0378. The number of hydrogen-bond donors (Lipinski definition) is 19. The van der Waals surface area contributed by atoms with Crippen LogP contribution in [0.15, 0.2) is 0 Å². The highest BCUT2D eigenvalue weighted by Crippen LogP contribution is 2.08. The lowest BCUT2D eigenvalue weighted by atomic mass is 10.1. The van der Waals surface area contributed by atoms with E-state index in [1.165, 1.54) is 6.92 Å². The molecule has 30 nitrogen and oxygen atoms in total. The third-order valence-electron chi connectivity index (χ3n) is 11.7. The number of rotatable bonds is 25. The Bertz CT molecular complexity index is 1900. The highest BCUT2D eigenvalue weighted by molar-refractivity contribution is 5.98. The second-order valence-corrected chi connectivity index (χ2v) is 18.1. The number of hydrogen-bond acceptors (Lipinski definition) is 19. The Balaban J connectivity index is 3.61. The van der Waals surface area contributed by atoms with Crippen molar-refractivity contribution in [1.29, 1.82) is 0 Å². The van der Waals surface area contributed by atoms with E-state index in [2.05, 4.69) is 65.4 Å². The van der Waals surface area contributed by atoms with Gasteiger partial charge in [0.15, 0.2) is 0 Å². The molecule has 30 heteroatoms. The van der Waals surface area contributed by atoms with Crippen molar-refractivity contribution >= 4 is 65.0 Å². The summed E-state index contributed by atoms with van der Waals surface area (Å²) < 4.78 is 0. The molecule has 1 heterocycles. The van der Waals surface area contributed by atoms with E-state index in [0.29, 0.717) is 6.42 Å². The van der Waals surface area contributed by atoms with Crippen molar-refractivity contribution in [3.8, 4) is 0 Å². The van der Waals surface area contributed by atoms with Crippen molar-refractivity contribution in [3.05, 3.63) is 0 Å². The van der Waals surface area contributed by atoms with Crippen molar-refractivity contribution < 1.29 is 73.2 Å². The molecule has 1 rings (SSSR count). The molecule has 0 bridgehead atoms. The predicted molar refractivity (Wildman–Crippen MR) is 268 cm³/mol. The van der Waals surface area contributed by atoms with Gasteiger partial charge in [0.1, 0.15) is 54.4 Å². The number of unbranched alkanes of at least 4 members (excludes halogenated alkanes) is 4. The number of aliphatic hydroxyl groups is 4. The molecule has 1 fully saturated rings. The fraction of sp³-hybridized carbons (Fsp3) is 0.756. The Labute approximate surface area is 435 Å². The van der Waals surface area contributed by atoms with Crippen LogP contribution in [0.5, 0.6) is 0 Å². The summed E-state index contributed by atoms with van der Waals surface area (Å²) >= 11 is 0. The molecule has 1 aliphatic heterocycles. The van der Waals surface area contributed by atoms with Crippen LogP contribution in [0, 0.1) is 0 Å². The first-order valence-corrected chi connectivity index (χ1v) is 25.2. The third kappa shape index (κ3) is 24.4. The summed E-state index contributed by atoms with van der Waals surface area (Å²) in [6.07, 6.45) is -1.61. The minimum absolute atomic E-state index is 0.0221. The standard InChI is InChI=1S/C45H83N15O15/c1-5-6-7-8-9-10-32(65)52-27(12-17-47)41(71)60-36(25(4)64)45(75)56-28(13-18-48)38(68)54-30-15-20-50-43(73)34(23(2)62)59-42(72)31(22-61)57-39(69)29(14-19-49)55-44(74)35(24(3)63)58-33(66)21-51-37(67)26(11-16-46)53-40(30)70/h23-31,34-36,61-64H,5-22,46-49H2,1-4H3,(H,50,73)(H,51,67)(H,52,65)(H,53,70)(H,54,68)(H,55,74)(H,56,75)(H,57,69)(H,58,66)(H,59,72)(H,60,71)/t23-,24-,25-,26+,27+,28+,29+,30+,31+,34+,35+,36+/m1/s1. The maximum atomic E-state index is 14.1. The van der Waals surface area contributed by atoms with Crippen LogP contribution in [0.4, 0.5) is 0 Å². The van der Waals surface area contributed by atoms with E-state index in [0.717, 1.165) is 39.5 Å². The van der Waals surface area contributed by atoms with Gasteiger partial charge in [-0.15, -0.1) is 0 Å². The topological polar surface area (TPSA) is 505 Å². The summed E-state index contributed by atoms with van der Waals surface area (Å²) in [6, 6.07) is -14.4. The monoisotopic (exact) mass is 1070 g/mol. The highest BCUT2D eigenvalue weighted by atomic mass is 16.3. The fourth-order valence-electron chi connectivity index (χ4n) is 7.39. The van der Waals surface area contributed by atoms with Crippen LogP contribution in [0.1, 0.15) is 98.3 Å². The summed E-state index contributed by atoms with van der Waals surface area (Å²) in [5.74, 6) is -10.9. The first-order valence-electron chi connectivity index (χ1n) is 25.2. The Morgan fingerprint density at radius 3 is 1.67 bits per heavy atom. The van der Waals surface area contributed by atoms with Gasteiger partial charge in [0.25, 0.3) is 0 Å². The molecule has 23 N–H and O–H groups in total. The SMILES string of the molecule is CCCCCCCC(=O)N[C@@H](CCN)C(=O)N[C@H](C(=O)N[C@@H](CCN)C(=O)N[C@H]1CCNC(=O)[C@H]([C@@H](C)O)NC(=O)[C@H](CO)NC(=O)[C@H](CCN)NC(=O)[C@H]([C@@H](C)O)NC(=O)CNC(=O)[C@H](CCN)NC1=O)[C@@H](C)O. The molecule has 0 unspecified atom stereocenters. The number of amides is 11. The number of aliphatic hydroxyl groups excluding tert-OH is 4. The molecule has 1 aliphatic rings. The van der Waals surface area contributed by atoms with E-state index in [9.17, 15) is 73.2 Å². The molecule has 75 heavy (non-hydrogen) atoms. The molecule has 0 aromatic heterocycles. The van der Waals surface area contributed by atoms with E-state index < -0.39 is 164 Å². The van der Waals surface area contributed by atoms with Crippen molar-refractivity contribution in [3.63, 3.8) is 0 Å². The van der Waals surface area contributed by atoms with Crippen LogP contribution < -0.4 is 81.4 Å². The van der Waals surface area contributed by atoms with Gasteiger partial charge in [-0.05, 0) is 85.5 Å². The fourth-order valence-corrected chi connectivity index (χ4v) is 7.39. The Hall–Kier alpha value is -6.15. The molecule has 11 amide bonds. The first kappa shape index (κ1) is 66.9. The van der Waals surface area contributed by atoms with Crippen molar-refractivity contribution in [2.45, 2.75) is 171 Å². The minimum Gasteiger partial charge on any atom is -0.394 e. The molecule has 0 spiro atoms. The summed E-state index contributed by atoms with van der Waals surface area (Å²) in [6.45, 7) is 2.43. The van der Waals surface area contributed by atoms with Gasteiger partial charge in [0, 0.05) is 13.0 Å². The predicted octanol–water partition coefficient (Wildman–Crippen LogP) is -9.12. The lowest BCUT2D eigenvalue weighted by Crippen LogP contribution is -2.61. The molecule has 0 radical (unpaired) electrons. The molecule has 0 aliphatic carbocycles. The first-order chi connectivity index (χ1) is 35.5. The third-order valence-corrected chi connectivity index (χ3v) is 11.7. The van der Waals surface area contributed by atoms with E-state index >= 15 is 0 Å². The van der Waals surface area contributed by atoms with Gasteiger partial charge in [0.05, 0.1) is 31.5 Å². The van der Waals surface area contributed by atoms with Crippen molar-refractivity contribution in [1.82, 2.24) is 58.5 Å². The second kappa shape index (κ2) is 35.9. The van der Waals surface area contributed by atoms with Crippen molar-refractivity contribution in [2.75, 3.05) is 45.9 Å². The Morgan fingerprint density at radius 2 is 1.12 bits per heavy atom. The zero-order chi connectivity index (χ0) is 56.8. The average Bonchev–Trinajstić information content (AvgIpc) is 3.35. The van der Waals surface area contributed by atoms with Gasteiger partial charge in [-0.2, -0.15) is 0 Å². The van der Waals surface area contributed by atoms with Gasteiger partial charge < -0.3 is 102 Å². The number of nitrogens with two attached hydrogens (primary N) is 4. The second-order valence-electron chi connectivity index (χ2n) is 18.1. The van der Waals surface area contributed by atoms with Crippen LogP contribution in [0.25, 0.3) is 0 Å². The van der Waals surface area contributed by atoms with Crippen LogP contribution >= 0.6 is 0 Å². The lowest BCUT2D eigenvalue weighted by molar-refractivity contribution is -0.137. The highest BCUT2D eigenvalue weighted by Gasteiger charge is 2.37. The molecule has 0 aromatic rings. The molecule has 0 saturated carbocycles. The van der Waals surface area contributed by atoms with Gasteiger partial charge in [-0.1, -0.05) is 32.6 Å². The Kier molecular flexibility index (Phi) is 32.0. The van der Waals surface area contributed by atoms with E-state index in [1.807, 2.05) is 0 Å². The maximum absolute atomic E-state index is 14.1. The molecule has 12 atom stereocenters. The van der Waals surface area contributed by atoms with E-state index in [4.69, 9.17) is 22.9 Å². The summed E-state index contributed by atoms with van der Waals surface area (Å²) in [4.78, 5) is 148. The van der Waals surface area contributed by atoms with Crippen LogP contribution in [0.3, 0.4) is 0 Å². The summed E-state index contributed by atoms with van der Waals surface area (Å²) in [5, 5.41) is 67.5. The number of nitrogens with one attached hydrogen (secondary N) is 11. The van der Waals surface area contributed by atoms with Gasteiger partial charge >= 0.3 is 0 Å². The lowest BCUT2D eigenvalue weighted by Gasteiger charge is -2.28. The van der Waals surface area contributed by atoms with Crippen LogP contribution in [0.2, 0.25) is 0 Å². The smallest absolute Gasteiger partial charge is 0.245 e. The zero-order valence-electron chi connectivity index (χ0n) is 43.2. The van der Waals surface area contributed by atoms with Gasteiger partial charge in [-0.3, -0.25) is 52.7 Å². The van der Waals surface area contributed by atoms with Gasteiger partial charge in [0.2, 0.25) is 65.0 Å². The largest absolute Gasteiger partial charge is 0.394 e. The maximum Gasteiger partial charge on any atom is 0.245 e. The van der Waals surface area contributed by atoms with Crippen LogP contribution in [-0.4, -0.2) is 204 Å². The molecule has 428 valence electrons. The number of carbonyl (C=O) groups is 11. The summed E-state index contributed by atoms with van der Waals surface area (Å²) in [5.41, 5.74) is 22.9. The average molecular weight is 1070 g/mol. The molecular weight excluding hydrogens is 991 g/mol. The van der Waals surface area contributed by atoms with Crippen molar-refractivity contribution in [2.24, 2.45) is 22.9 Å². The molecule has 0 aromatic carbocycles.